The van der Waals surface area contributed by atoms with E-state index in [1.165, 1.54) is 18.0 Å². The number of aromatic nitrogens is 2. The molecule has 0 atom stereocenters. The number of furan rings is 1. The van der Waals surface area contributed by atoms with Gasteiger partial charge in [-0.2, -0.15) is 5.26 Å². The van der Waals surface area contributed by atoms with Crippen molar-refractivity contribution in [1.29, 1.82) is 5.26 Å². The van der Waals surface area contributed by atoms with E-state index < -0.39 is 0 Å². The molecule has 134 valence electrons. The van der Waals surface area contributed by atoms with E-state index in [2.05, 4.69) is 10.2 Å². The number of benzene rings is 1. The number of ketones is 1. The lowest BCUT2D eigenvalue weighted by molar-refractivity contribution is -0.112. The molecule has 1 aliphatic heterocycles. The Morgan fingerprint density at radius 2 is 2.15 bits per heavy atom. The van der Waals surface area contributed by atoms with Crippen molar-refractivity contribution in [2.75, 3.05) is 17.7 Å². The Hall–Kier alpha value is -2.96. The third-order valence-corrected chi connectivity index (χ3v) is 5.86. The molecule has 2 aromatic heterocycles. The van der Waals surface area contributed by atoms with E-state index in [1.54, 1.807) is 12.1 Å². The van der Waals surface area contributed by atoms with Crippen molar-refractivity contribution in [1.82, 2.24) is 10.2 Å². The zero-order chi connectivity index (χ0) is 18.8. The van der Waals surface area contributed by atoms with Crippen molar-refractivity contribution < 1.29 is 13.6 Å². The smallest absolute Gasteiger partial charge is 0.284 e. The van der Waals surface area contributed by atoms with Crippen LogP contribution >= 0.6 is 23.5 Å². The second-order valence-electron chi connectivity index (χ2n) is 5.48. The van der Waals surface area contributed by atoms with E-state index in [9.17, 15) is 10.1 Å². The Kier molecular flexibility index (Phi) is 4.75. The Morgan fingerprint density at radius 1 is 1.30 bits per heavy atom. The monoisotopic (exact) mass is 396 g/mol. The lowest BCUT2D eigenvalue weighted by atomic mass is 10.2. The van der Waals surface area contributed by atoms with Gasteiger partial charge in [0.2, 0.25) is 0 Å². The average Bonchev–Trinajstić information content (AvgIpc) is 3.42. The van der Waals surface area contributed by atoms with Gasteiger partial charge in [-0.3, -0.25) is 4.79 Å². The quantitative estimate of drug-likeness (QED) is 0.360. The van der Waals surface area contributed by atoms with Gasteiger partial charge in [-0.1, -0.05) is 35.7 Å². The maximum atomic E-state index is 12.6. The summed E-state index contributed by atoms with van der Waals surface area (Å²) in [5, 5.41) is 18.2. The highest BCUT2D eigenvalue weighted by molar-refractivity contribution is 8.03. The number of carbonyl (C=O) groups excluding carboxylic acids is 1. The third kappa shape index (κ3) is 3.37. The van der Waals surface area contributed by atoms with Crippen molar-refractivity contribution in [3.63, 3.8) is 0 Å². The van der Waals surface area contributed by atoms with E-state index in [4.69, 9.17) is 8.83 Å². The minimum Gasteiger partial charge on any atom is -0.459 e. The molecular weight excluding hydrogens is 384 g/mol. The molecule has 3 aromatic rings. The number of hydrogen-bond acceptors (Lipinski definition) is 9. The number of para-hydroxylation sites is 1. The zero-order valence-electron chi connectivity index (χ0n) is 14.1. The molecule has 0 fully saturated rings. The van der Waals surface area contributed by atoms with Crippen LogP contribution in [0.1, 0.15) is 0 Å². The summed E-state index contributed by atoms with van der Waals surface area (Å²) >= 11 is 2.51. The van der Waals surface area contributed by atoms with Crippen LogP contribution in [0.5, 0.6) is 0 Å². The van der Waals surface area contributed by atoms with Crippen LogP contribution in [0.3, 0.4) is 0 Å². The fraction of sp³-hybridized carbons (Fsp3) is 0.111. The number of fused-ring (bicyclic) bond motifs is 1. The molecule has 0 aliphatic carbocycles. The largest absolute Gasteiger partial charge is 0.459 e. The molecule has 0 unspecified atom stereocenters. The number of nitrogens with zero attached hydrogens (tertiary/aromatic N) is 4. The summed E-state index contributed by atoms with van der Waals surface area (Å²) in [4.78, 5) is 15.5. The molecule has 0 saturated carbocycles. The summed E-state index contributed by atoms with van der Waals surface area (Å²) in [6.07, 6.45) is 1.51. The minimum atomic E-state index is -0.289. The first kappa shape index (κ1) is 17.5. The molecule has 1 aliphatic rings. The summed E-state index contributed by atoms with van der Waals surface area (Å²) < 4.78 is 10.7. The number of nitriles is 1. The topological polar surface area (TPSA) is 96.2 Å². The van der Waals surface area contributed by atoms with E-state index in [0.29, 0.717) is 10.8 Å². The second kappa shape index (κ2) is 7.34. The summed E-state index contributed by atoms with van der Waals surface area (Å²) in [7, 11) is 1.85. The van der Waals surface area contributed by atoms with E-state index in [1.807, 2.05) is 42.3 Å². The van der Waals surface area contributed by atoms with Crippen LogP contribution in [0.2, 0.25) is 0 Å². The number of allylic oxidation sites excluding steroid dienone is 1. The Balaban J connectivity index is 1.49. The van der Waals surface area contributed by atoms with Crippen LogP contribution in [0.15, 0.2) is 72.2 Å². The van der Waals surface area contributed by atoms with Crippen molar-refractivity contribution >= 4 is 35.0 Å². The van der Waals surface area contributed by atoms with E-state index in [0.717, 1.165) is 22.3 Å². The number of Topliss-reactive ketones (excluding diaryl/α,β-unsaturated/α-hetero) is 1. The van der Waals surface area contributed by atoms with Crippen LogP contribution in [0.4, 0.5) is 5.69 Å². The van der Waals surface area contributed by atoms with Gasteiger partial charge in [-0.25, -0.2) is 0 Å². The summed E-state index contributed by atoms with van der Waals surface area (Å²) in [5.41, 5.74) is 1.10. The molecule has 9 heteroatoms. The molecule has 0 spiro atoms. The van der Waals surface area contributed by atoms with Crippen molar-refractivity contribution in [3.05, 3.63) is 53.3 Å². The molecule has 1 aromatic carbocycles. The van der Waals surface area contributed by atoms with Gasteiger partial charge in [0.15, 0.2) is 11.5 Å². The molecule has 0 amide bonds. The van der Waals surface area contributed by atoms with E-state index >= 15 is 0 Å². The first-order valence-corrected chi connectivity index (χ1v) is 9.66. The molecule has 0 bridgehead atoms. The zero-order valence-corrected chi connectivity index (χ0v) is 15.7. The van der Waals surface area contributed by atoms with Crippen LogP contribution in [-0.4, -0.2) is 28.8 Å². The summed E-state index contributed by atoms with van der Waals surface area (Å²) in [6.45, 7) is 0. The van der Waals surface area contributed by atoms with Gasteiger partial charge < -0.3 is 13.7 Å². The molecule has 4 rings (SSSR count). The molecule has 0 saturated heterocycles. The van der Waals surface area contributed by atoms with Gasteiger partial charge in [0.25, 0.3) is 11.1 Å². The van der Waals surface area contributed by atoms with Crippen molar-refractivity contribution in [3.8, 4) is 17.7 Å². The lowest BCUT2D eigenvalue weighted by Crippen LogP contribution is -2.16. The highest BCUT2D eigenvalue weighted by Gasteiger charge is 2.28. The first-order chi connectivity index (χ1) is 13.2. The van der Waals surface area contributed by atoms with Gasteiger partial charge in [-0.05, 0) is 24.3 Å². The van der Waals surface area contributed by atoms with Crippen molar-refractivity contribution in [2.24, 2.45) is 0 Å². The first-order valence-electron chi connectivity index (χ1n) is 7.85. The van der Waals surface area contributed by atoms with Gasteiger partial charge in [0.1, 0.15) is 16.7 Å². The summed E-state index contributed by atoms with van der Waals surface area (Å²) in [6, 6.07) is 13.2. The predicted octanol–water partition coefficient (Wildman–Crippen LogP) is 3.97. The average molecular weight is 396 g/mol. The van der Waals surface area contributed by atoms with E-state index in [-0.39, 0.29) is 28.2 Å². The fourth-order valence-electron chi connectivity index (χ4n) is 2.52. The molecular formula is C18H12N4O3S2. The molecule has 0 N–H and O–H groups in total. The number of rotatable bonds is 5. The standard InChI is InChI=1S/C18H12N4O3S2/c1-22-12-5-2-3-7-15(12)27-17(22)11(9-19)13(23)10-26-18-21-20-16(25-18)14-6-4-8-24-14/h2-8H,10H2,1H3/b17-11-. The lowest BCUT2D eigenvalue weighted by Gasteiger charge is -2.14. The number of hydrogen-bond donors (Lipinski definition) is 0. The Labute approximate surface area is 163 Å². The number of carbonyl (C=O) groups is 1. The fourth-order valence-corrected chi connectivity index (χ4v) is 4.31. The van der Waals surface area contributed by atoms with Crippen LogP contribution in [-0.2, 0) is 4.79 Å². The summed E-state index contributed by atoms with van der Waals surface area (Å²) in [5.74, 6) is 0.441. The van der Waals surface area contributed by atoms with Crippen LogP contribution in [0, 0.1) is 11.3 Å². The number of thioether (sulfide) groups is 2. The maximum absolute atomic E-state index is 12.6. The molecule has 0 radical (unpaired) electrons. The van der Waals surface area contributed by atoms with Gasteiger partial charge in [-0.15, -0.1) is 10.2 Å². The second-order valence-corrected chi connectivity index (χ2v) is 7.44. The highest BCUT2D eigenvalue weighted by Crippen LogP contribution is 2.46. The van der Waals surface area contributed by atoms with Gasteiger partial charge in [0.05, 0.1) is 17.7 Å². The molecule has 3 heterocycles. The third-order valence-electron chi connectivity index (χ3n) is 3.81. The molecule has 7 nitrogen and oxygen atoms in total. The number of anilines is 1. The minimum absolute atomic E-state index is 0.0247. The van der Waals surface area contributed by atoms with Crippen LogP contribution < -0.4 is 4.90 Å². The highest BCUT2D eigenvalue weighted by atomic mass is 32.2. The SMILES string of the molecule is CN1/C(=C(\C#N)C(=O)CSc2nnc(-c3ccco3)o2)Sc2ccccc21. The van der Waals surface area contributed by atoms with Crippen molar-refractivity contribution in [2.45, 2.75) is 10.1 Å². The van der Waals surface area contributed by atoms with Crippen LogP contribution in [0.25, 0.3) is 11.7 Å². The maximum Gasteiger partial charge on any atom is 0.284 e. The van der Waals surface area contributed by atoms with Gasteiger partial charge in [0, 0.05) is 11.9 Å². The normalized spacial score (nSPS) is 14.7. The predicted molar refractivity (Wildman–Crippen MR) is 101 cm³/mol. The Morgan fingerprint density at radius 3 is 2.89 bits per heavy atom. The molecule has 27 heavy (non-hydrogen) atoms. The Bertz CT molecular complexity index is 1070. The van der Waals surface area contributed by atoms with Gasteiger partial charge >= 0.3 is 0 Å².